The van der Waals surface area contributed by atoms with E-state index in [9.17, 15) is 0 Å². The maximum absolute atomic E-state index is 5.66. The minimum absolute atomic E-state index is 0.289. The number of aryl methyl sites for hydroxylation is 1. The molecule has 0 bridgehead atoms. The van der Waals surface area contributed by atoms with E-state index in [2.05, 4.69) is 26.8 Å². The predicted molar refractivity (Wildman–Crippen MR) is 83.6 cm³/mol. The van der Waals surface area contributed by atoms with Crippen LogP contribution in [0.25, 0.3) is 0 Å². The van der Waals surface area contributed by atoms with Crippen LogP contribution in [0.4, 0.5) is 5.95 Å². The Kier molecular flexibility index (Phi) is 4.57. The molecule has 0 unspecified atom stereocenters. The number of thiocarbonyl (C=S) groups is 1. The SMILES string of the molecule is CCN(Cc1ccncc1)c1nc(C)cc(C(N)=S)n1. The molecule has 0 atom stereocenters. The Morgan fingerprint density at radius 2 is 2.00 bits per heavy atom. The van der Waals surface area contributed by atoms with Crippen LogP contribution < -0.4 is 10.6 Å². The van der Waals surface area contributed by atoms with Crippen LogP contribution in [0.2, 0.25) is 0 Å². The van der Waals surface area contributed by atoms with Gasteiger partial charge >= 0.3 is 0 Å². The normalized spacial score (nSPS) is 10.3. The monoisotopic (exact) mass is 287 g/mol. The van der Waals surface area contributed by atoms with Crippen LogP contribution in [0.5, 0.6) is 0 Å². The van der Waals surface area contributed by atoms with Gasteiger partial charge in [-0.05, 0) is 37.6 Å². The molecule has 104 valence electrons. The Morgan fingerprint density at radius 1 is 1.30 bits per heavy atom. The van der Waals surface area contributed by atoms with Crippen molar-refractivity contribution in [2.75, 3.05) is 11.4 Å². The van der Waals surface area contributed by atoms with Crippen molar-refractivity contribution in [3.05, 3.63) is 47.5 Å². The highest BCUT2D eigenvalue weighted by atomic mass is 32.1. The van der Waals surface area contributed by atoms with Gasteiger partial charge in [-0.1, -0.05) is 12.2 Å². The van der Waals surface area contributed by atoms with Crippen LogP contribution in [-0.4, -0.2) is 26.5 Å². The van der Waals surface area contributed by atoms with E-state index in [-0.39, 0.29) is 4.99 Å². The fourth-order valence-corrected chi connectivity index (χ4v) is 1.96. The summed E-state index contributed by atoms with van der Waals surface area (Å²) in [6.07, 6.45) is 3.56. The first-order valence-corrected chi connectivity index (χ1v) is 6.80. The van der Waals surface area contributed by atoms with Crippen LogP contribution in [-0.2, 0) is 6.54 Å². The van der Waals surface area contributed by atoms with Gasteiger partial charge in [0, 0.05) is 31.2 Å². The molecule has 2 heterocycles. The average Bonchev–Trinajstić information content (AvgIpc) is 2.45. The summed E-state index contributed by atoms with van der Waals surface area (Å²) in [5.41, 5.74) is 8.28. The molecule has 2 aromatic rings. The van der Waals surface area contributed by atoms with Crippen molar-refractivity contribution in [1.29, 1.82) is 0 Å². The molecule has 0 amide bonds. The van der Waals surface area contributed by atoms with Crippen LogP contribution in [0.3, 0.4) is 0 Å². The largest absolute Gasteiger partial charge is 0.388 e. The van der Waals surface area contributed by atoms with Gasteiger partial charge in [-0.15, -0.1) is 0 Å². The Bertz CT molecular complexity index is 600. The number of hydrogen-bond donors (Lipinski definition) is 1. The lowest BCUT2D eigenvalue weighted by atomic mass is 10.2. The second-order valence-corrected chi connectivity index (χ2v) is 4.87. The van der Waals surface area contributed by atoms with E-state index in [1.807, 2.05) is 19.1 Å². The third-order valence-electron chi connectivity index (χ3n) is 2.88. The fourth-order valence-electron chi connectivity index (χ4n) is 1.85. The van der Waals surface area contributed by atoms with Gasteiger partial charge in [0.05, 0.1) is 0 Å². The summed E-state index contributed by atoms with van der Waals surface area (Å²) in [4.78, 5) is 15.3. The first kappa shape index (κ1) is 14.3. The minimum atomic E-state index is 0.289. The van der Waals surface area contributed by atoms with E-state index in [1.54, 1.807) is 18.5 Å². The highest BCUT2D eigenvalue weighted by Crippen LogP contribution is 2.13. The molecular formula is C14H17N5S. The smallest absolute Gasteiger partial charge is 0.226 e. The van der Waals surface area contributed by atoms with Gasteiger partial charge in [-0.25, -0.2) is 9.97 Å². The third-order valence-corrected chi connectivity index (χ3v) is 3.09. The minimum Gasteiger partial charge on any atom is -0.388 e. The Balaban J connectivity index is 2.29. The van der Waals surface area contributed by atoms with Crippen molar-refractivity contribution >= 4 is 23.2 Å². The lowest BCUT2D eigenvalue weighted by molar-refractivity contribution is 0.785. The Labute approximate surface area is 123 Å². The van der Waals surface area contributed by atoms with E-state index in [0.29, 0.717) is 11.6 Å². The van der Waals surface area contributed by atoms with E-state index in [0.717, 1.165) is 24.3 Å². The number of anilines is 1. The first-order valence-electron chi connectivity index (χ1n) is 6.39. The number of nitrogens with two attached hydrogens (primary N) is 1. The number of rotatable bonds is 5. The van der Waals surface area contributed by atoms with Crippen LogP contribution in [0, 0.1) is 6.92 Å². The molecular weight excluding hydrogens is 270 g/mol. The zero-order valence-corrected chi connectivity index (χ0v) is 12.4. The van der Waals surface area contributed by atoms with Crippen LogP contribution in [0.1, 0.15) is 23.9 Å². The molecule has 0 aliphatic carbocycles. The van der Waals surface area contributed by atoms with Crippen LogP contribution in [0.15, 0.2) is 30.6 Å². The molecule has 6 heteroatoms. The van der Waals surface area contributed by atoms with Crippen LogP contribution >= 0.6 is 12.2 Å². The molecule has 2 N–H and O–H groups in total. The lowest BCUT2D eigenvalue weighted by Crippen LogP contribution is -2.26. The second-order valence-electron chi connectivity index (χ2n) is 4.43. The molecule has 0 aliphatic rings. The summed E-state index contributed by atoms with van der Waals surface area (Å²) in [6, 6.07) is 5.76. The quantitative estimate of drug-likeness (QED) is 0.846. The summed E-state index contributed by atoms with van der Waals surface area (Å²) < 4.78 is 0. The van der Waals surface area contributed by atoms with Gasteiger partial charge < -0.3 is 10.6 Å². The summed E-state index contributed by atoms with van der Waals surface area (Å²) >= 11 is 4.99. The third kappa shape index (κ3) is 3.48. The van der Waals surface area contributed by atoms with E-state index < -0.39 is 0 Å². The highest BCUT2D eigenvalue weighted by Gasteiger charge is 2.11. The second kappa shape index (κ2) is 6.38. The summed E-state index contributed by atoms with van der Waals surface area (Å²) in [5.74, 6) is 0.645. The van der Waals surface area contributed by atoms with Gasteiger partial charge in [0.2, 0.25) is 5.95 Å². The Morgan fingerprint density at radius 3 is 2.60 bits per heavy atom. The number of pyridine rings is 1. The molecule has 5 nitrogen and oxygen atoms in total. The first-order chi connectivity index (χ1) is 9.60. The zero-order valence-electron chi connectivity index (χ0n) is 11.6. The zero-order chi connectivity index (χ0) is 14.5. The number of aromatic nitrogens is 3. The predicted octanol–water partition coefficient (Wildman–Crippen LogP) is 1.84. The van der Waals surface area contributed by atoms with Gasteiger partial charge in [-0.2, -0.15) is 0 Å². The molecule has 0 saturated heterocycles. The molecule has 0 aromatic carbocycles. The number of hydrogen-bond acceptors (Lipinski definition) is 5. The molecule has 0 spiro atoms. The standard InChI is InChI=1S/C14H17N5S/c1-3-19(9-11-4-6-16-7-5-11)14-17-10(2)8-12(18-14)13(15)20/h4-8H,3,9H2,1-2H3,(H2,15,20). The Hall–Kier alpha value is -2.08. The molecule has 2 rings (SSSR count). The fraction of sp³-hybridized carbons (Fsp3) is 0.286. The van der Waals surface area contributed by atoms with E-state index >= 15 is 0 Å². The molecule has 2 aromatic heterocycles. The van der Waals surface area contributed by atoms with Gasteiger partial charge in [-0.3, -0.25) is 4.98 Å². The average molecular weight is 287 g/mol. The maximum Gasteiger partial charge on any atom is 0.226 e. The molecule has 0 saturated carbocycles. The van der Waals surface area contributed by atoms with Crippen molar-refractivity contribution < 1.29 is 0 Å². The highest BCUT2D eigenvalue weighted by molar-refractivity contribution is 7.80. The van der Waals surface area contributed by atoms with Gasteiger partial charge in [0.1, 0.15) is 10.7 Å². The van der Waals surface area contributed by atoms with Gasteiger partial charge in [0.15, 0.2) is 0 Å². The van der Waals surface area contributed by atoms with Crippen molar-refractivity contribution in [3.8, 4) is 0 Å². The summed E-state index contributed by atoms with van der Waals surface area (Å²) in [6.45, 7) is 5.49. The summed E-state index contributed by atoms with van der Waals surface area (Å²) in [5, 5.41) is 0. The van der Waals surface area contributed by atoms with E-state index in [4.69, 9.17) is 18.0 Å². The lowest BCUT2D eigenvalue weighted by Gasteiger charge is -2.21. The topological polar surface area (TPSA) is 67.9 Å². The maximum atomic E-state index is 5.66. The van der Waals surface area contributed by atoms with Crippen molar-refractivity contribution in [3.63, 3.8) is 0 Å². The number of nitrogens with zero attached hydrogens (tertiary/aromatic N) is 4. The van der Waals surface area contributed by atoms with Crippen molar-refractivity contribution in [1.82, 2.24) is 15.0 Å². The van der Waals surface area contributed by atoms with E-state index in [1.165, 1.54) is 0 Å². The van der Waals surface area contributed by atoms with Crippen molar-refractivity contribution in [2.45, 2.75) is 20.4 Å². The summed E-state index contributed by atoms with van der Waals surface area (Å²) in [7, 11) is 0. The van der Waals surface area contributed by atoms with Crippen molar-refractivity contribution in [2.24, 2.45) is 5.73 Å². The molecule has 0 radical (unpaired) electrons. The molecule has 20 heavy (non-hydrogen) atoms. The molecule has 0 fully saturated rings. The van der Waals surface area contributed by atoms with Gasteiger partial charge in [0.25, 0.3) is 0 Å². The molecule has 0 aliphatic heterocycles.